The molecule has 0 aliphatic heterocycles. The number of amides is 1. The van der Waals surface area contributed by atoms with Gasteiger partial charge in [-0.25, -0.2) is 4.98 Å². The zero-order valence-corrected chi connectivity index (χ0v) is 13.3. The van der Waals surface area contributed by atoms with Gasteiger partial charge in [0.1, 0.15) is 16.2 Å². The first-order valence-electron chi connectivity index (χ1n) is 6.50. The number of anilines is 1. The standard InChI is InChI=1S/C14H19N3O3S/c1-9-11(21-13(16-9)17(3)4)12(18)15-8-14(2,19)10-6-5-7-20-10/h5-7,19H,8H2,1-4H3,(H,15,18). The largest absolute Gasteiger partial charge is 0.466 e. The molecule has 0 bridgehead atoms. The van der Waals surface area contributed by atoms with E-state index in [1.165, 1.54) is 17.6 Å². The smallest absolute Gasteiger partial charge is 0.263 e. The van der Waals surface area contributed by atoms with Crippen molar-refractivity contribution in [1.82, 2.24) is 10.3 Å². The lowest BCUT2D eigenvalue weighted by atomic mass is 10.0. The number of aryl methyl sites for hydroxylation is 1. The highest BCUT2D eigenvalue weighted by atomic mass is 32.1. The summed E-state index contributed by atoms with van der Waals surface area (Å²) in [5.74, 6) is 0.169. The summed E-state index contributed by atoms with van der Waals surface area (Å²) in [6.45, 7) is 3.45. The summed E-state index contributed by atoms with van der Waals surface area (Å²) in [6, 6.07) is 3.37. The van der Waals surface area contributed by atoms with Gasteiger partial charge in [-0.3, -0.25) is 4.79 Å². The van der Waals surface area contributed by atoms with Gasteiger partial charge in [-0.15, -0.1) is 0 Å². The second-order valence-corrected chi connectivity index (χ2v) is 6.22. The maximum Gasteiger partial charge on any atom is 0.263 e. The zero-order chi connectivity index (χ0) is 15.6. The third-order valence-corrected chi connectivity index (χ3v) is 4.34. The first kappa shape index (κ1) is 15.5. The lowest BCUT2D eigenvalue weighted by Gasteiger charge is -2.20. The molecular weight excluding hydrogens is 290 g/mol. The van der Waals surface area contributed by atoms with Crippen LogP contribution >= 0.6 is 11.3 Å². The van der Waals surface area contributed by atoms with E-state index < -0.39 is 5.60 Å². The molecule has 2 heterocycles. The normalized spacial score (nSPS) is 13.8. The Bertz CT molecular complexity index is 617. The van der Waals surface area contributed by atoms with Crippen LogP contribution in [-0.2, 0) is 5.60 Å². The molecule has 1 unspecified atom stereocenters. The fourth-order valence-corrected chi connectivity index (χ4v) is 2.69. The number of thiazole rings is 1. The van der Waals surface area contributed by atoms with Crippen LogP contribution in [0.2, 0.25) is 0 Å². The summed E-state index contributed by atoms with van der Waals surface area (Å²) in [5, 5.41) is 13.8. The summed E-state index contributed by atoms with van der Waals surface area (Å²) in [7, 11) is 3.75. The van der Waals surface area contributed by atoms with Crippen molar-refractivity contribution in [3.05, 3.63) is 34.7 Å². The van der Waals surface area contributed by atoms with Crippen molar-refractivity contribution in [3.63, 3.8) is 0 Å². The Morgan fingerprint density at radius 1 is 1.57 bits per heavy atom. The van der Waals surface area contributed by atoms with Crippen LogP contribution in [-0.4, -0.2) is 36.6 Å². The molecule has 1 amide bonds. The fourth-order valence-electron chi connectivity index (χ4n) is 1.79. The molecule has 2 aromatic rings. The van der Waals surface area contributed by atoms with Gasteiger partial charge in [0.05, 0.1) is 18.5 Å². The highest BCUT2D eigenvalue weighted by Gasteiger charge is 2.27. The Balaban J connectivity index is 2.05. The minimum atomic E-state index is -1.25. The number of aromatic nitrogens is 1. The van der Waals surface area contributed by atoms with Crippen molar-refractivity contribution in [2.45, 2.75) is 19.4 Å². The topological polar surface area (TPSA) is 78.6 Å². The minimum Gasteiger partial charge on any atom is -0.466 e. The summed E-state index contributed by atoms with van der Waals surface area (Å²) in [5.41, 5.74) is -0.568. The molecule has 0 aliphatic rings. The molecule has 0 saturated heterocycles. The molecule has 114 valence electrons. The number of aliphatic hydroxyl groups is 1. The van der Waals surface area contributed by atoms with Gasteiger partial charge in [-0.1, -0.05) is 11.3 Å². The molecule has 0 spiro atoms. The fraction of sp³-hybridized carbons (Fsp3) is 0.429. The summed E-state index contributed by atoms with van der Waals surface area (Å²) < 4.78 is 5.18. The van der Waals surface area contributed by atoms with Gasteiger partial charge in [-0.05, 0) is 26.0 Å². The van der Waals surface area contributed by atoms with E-state index in [1.54, 1.807) is 26.0 Å². The maximum atomic E-state index is 12.2. The van der Waals surface area contributed by atoms with Crippen molar-refractivity contribution < 1.29 is 14.3 Å². The van der Waals surface area contributed by atoms with E-state index in [4.69, 9.17) is 4.42 Å². The Labute approximate surface area is 127 Å². The predicted molar refractivity (Wildman–Crippen MR) is 81.8 cm³/mol. The third-order valence-electron chi connectivity index (χ3n) is 3.02. The number of hydrogen-bond acceptors (Lipinski definition) is 6. The summed E-state index contributed by atoms with van der Waals surface area (Å²) >= 11 is 1.32. The third kappa shape index (κ3) is 3.43. The van der Waals surface area contributed by atoms with Gasteiger partial charge < -0.3 is 19.7 Å². The van der Waals surface area contributed by atoms with Gasteiger partial charge >= 0.3 is 0 Å². The average molecular weight is 309 g/mol. The van der Waals surface area contributed by atoms with E-state index in [1.807, 2.05) is 19.0 Å². The van der Waals surface area contributed by atoms with E-state index in [0.29, 0.717) is 16.3 Å². The molecular formula is C14H19N3O3S. The number of rotatable bonds is 5. The molecule has 6 nitrogen and oxygen atoms in total. The summed E-state index contributed by atoms with van der Waals surface area (Å²) in [6.07, 6.45) is 1.49. The molecule has 0 fully saturated rings. The van der Waals surface area contributed by atoms with Crippen LogP contribution < -0.4 is 10.2 Å². The van der Waals surface area contributed by atoms with Crippen LogP contribution in [0.5, 0.6) is 0 Å². The van der Waals surface area contributed by atoms with Crippen molar-refractivity contribution in [1.29, 1.82) is 0 Å². The summed E-state index contributed by atoms with van der Waals surface area (Å²) in [4.78, 5) is 18.9. The Morgan fingerprint density at radius 3 is 2.81 bits per heavy atom. The molecule has 7 heteroatoms. The second-order valence-electron chi connectivity index (χ2n) is 5.24. The van der Waals surface area contributed by atoms with E-state index in [9.17, 15) is 9.90 Å². The van der Waals surface area contributed by atoms with E-state index in [2.05, 4.69) is 10.3 Å². The average Bonchev–Trinajstić information content (AvgIpc) is 3.05. The first-order chi connectivity index (χ1) is 9.81. The van der Waals surface area contributed by atoms with Crippen molar-refractivity contribution in [2.24, 2.45) is 0 Å². The quantitative estimate of drug-likeness (QED) is 0.879. The van der Waals surface area contributed by atoms with Gasteiger partial charge in [0.25, 0.3) is 5.91 Å². The van der Waals surface area contributed by atoms with Gasteiger partial charge in [-0.2, -0.15) is 0 Å². The molecule has 1 atom stereocenters. The molecule has 2 rings (SSSR count). The highest BCUT2D eigenvalue weighted by Crippen LogP contribution is 2.25. The molecule has 2 N–H and O–H groups in total. The van der Waals surface area contributed by atoms with Crippen LogP contribution in [0, 0.1) is 6.92 Å². The van der Waals surface area contributed by atoms with Gasteiger partial charge in [0.15, 0.2) is 5.13 Å². The van der Waals surface area contributed by atoms with E-state index >= 15 is 0 Å². The highest BCUT2D eigenvalue weighted by molar-refractivity contribution is 7.17. The van der Waals surface area contributed by atoms with Crippen molar-refractivity contribution in [2.75, 3.05) is 25.5 Å². The lowest BCUT2D eigenvalue weighted by molar-refractivity contribution is 0.0331. The van der Waals surface area contributed by atoms with Crippen LogP contribution in [0.3, 0.4) is 0 Å². The van der Waals surface area contributed by atoms with E-state index in [-0.39, 0.29) is 12.5 Å². The molecule has 0 saturated carbocycles. The molecule has 21 heavy (non-hydrogen) atoms. The molecule has 0 radical (unpaired) electrons. The number of carbonyl (C=O) groups is 1. The molecule has 0 aromatic carbocycles. The monoisotopic (exact) mass is 309 g/mol. The first-order valence-corrected chi connectivity index (χ1v) is 7.32. The number of nitrogens with zero attached hydrogens (tertiary/aromatic N) is 2. The van der Waals surface area contributed by atoms with Crippen LogP contribution in [0.1, 0.15) is 28.0 Å². The second kappa shape index (κ2) is 5.87. The van der Waals surface area contributed by atoms with Crippen molar-refractivity contribution >= 4 is 22.4 Å². The number of nitrogens with one attached hydrogen (secondary N) is 1. The minimum absolute atomic E-state index is 0.0635. The van der Waals surface area contributed by atoms with Crippen LogP contribution in [0.25, 0.3) is 0 Å². The molecule has 2 aromatic heterocycles. The number of furan rings is 1. The van der Waals surface area contributed by atoms with Crippen LogP contribution in [0.15, 0.2) is 22.8 Å². The number of hydrogen-bond donors (Lipinski definition) is 2. The Hall–Kier alpha value is -1.86. The van der Waals surface area contributed by atoms with Crippen LogP contribution in [0.4, 0.5) is 5.13 Å². The van der Waals surface area contributed by atoms with Gasteiger partial charge in [0, 0.05) is 14.1 Å². The zero-order valence-electron chi connectivity index (χ0n) is 12.5. The lowest BCUT2D eigenvalue weighted by Crippen LogP contribution is -2.38. The van der Waals surface area contributed by atoms with Gasteiger partial charge in [0.2, 0.25) is 0 Å². The number of carbonyl (C=O) groups excluding carboxylic acids is 1. The Morgan fingerprint density at radius 2 is 2.29 bits per heavy atom. The van der Waals surface area contributed by atoms with Crippen molar-refractivity contribution in [3.8, 4) is 0 Å². The maximum absolute atomic E-state index is 12.2. The van der Waals surface area contributed by atoms with E-state index in [0.717, 1.165) is 5.13 Å². The Kier molecular flexibility index (Phi) is 4.34. The SMILES string of the molecule is Cc1nc(N(C)C)sc1C(=O)NCC(C)(O)c1ccco1. The molecule has 0 aliphatic carbocycles. The predicted octanol–water partition coefficient (Wildman–Crippen LogP) is 1.75.